The van der Waals surface area contributed by atoms with E-state index in [-0.39, 0.29) is 22.7 Å². The zero-order valence-electron chi connectivity index (χ0n) is 8.83. The van der Waals surface area contributed by atoms with Gasteiger partial charge in [-0.25, -0.2) is 0 Å². The molecule has 0 aliphatic carbocycles. The van der Waals surface area contributed by atoms with Gasteiger partial charge < -0.3 is 21.7 Å². The molecule has 0 unspecified atom stereocenters. The van der Waals surface area contributed by atoms with Crippen LogP contribution in [-0.4, -0.2) is 12.1 Å². The maximum Gasteiger partial charge on any atom is 0.573 e. The van der Waals surface area contributed by atoms with Gasteiger partial charge in [0, 0.05) is 12.1 Å². The topological polar surface area (TPSA) is 13.1 Å². The molecule has 1 aliphatic rings. The summed E-state index contributed by atoms with van der Waals surface area (Å²) in [5.41, 5.74) is 0.976. The van der Waals surface area contributed by atoms with Crippen molar-refractivity contribution in [1.82, 2.24) is 0 Å². The number of nitrogens with zero attached hydrogens (tertiary/aromatic N) is 1. The molecule has 1 aromatic carbocycles. The van der Waals surface area contributed by atoms with Crippen LogP contribution in [0.15, 0.2) is 22.5 Å². The van der Waals surface area contributed by atoms with Crippen LogP contribution in [0.4, 0.5) is 13.2 Å². The fourth-order valence-electron chi connectivity index (χ4n) is 1.79. The second-order valence-electron chi connectivity index (χ2n) is 3.55. The van der Waals surface area contributed by atoms with Gasteiger partial charge in [-0.2, -0.15) is 4.57 Å². The predicted octanol–water partition coefficient (Wildman–Crippen LogP) is 0.197. The Morgan fingerprint density at radius 2 is 2.06 bits per heavy atom. The highest BCUT2D eigenvalue weighted by Gasteiger charge is 2.32. The molecule has 0 spiro atoms. The minimum Gasteiger partial charge on any atom is -1.00 e. The first-order valence-electron chi connectivity index (χ1n) is 4.88. The van der Waals surface area contributed by atoms with Crippen LogP contribution in [0, 0.1) is 0 Å². The average molecular weight is 358 g/mol. The third kappa shape index (κ3) is 2.60. The summed E-state index contributed by atoms with van der Waals surface area (Å²) in [4.78, 5) is 0. The van der Waals surface area contributed by atoms with Gasteiger partial charge in [0.05, 0.1) is 5.75 Å². The van der Waals surface area contributed by atoms with Crippen LogP contribution in [0.3, 0.4) is 0 Å². The summed E-state index contributed by atoms with van der Waals surface area (Å²) in [7, 11) is 0. The van der Waals surface area contributed by atoms with Gasteiger partial charge in [0.2, 0.25) is 5.52 Å². The number of ether oxygens (including phenoxy) is 1. The molecule has 98 valence electrons. The zero-order chi connectivity index (χ0) is 12.0. The van der Waals surface area contributed by atoms with E-state index in [2.05, 4.69) is 9.30 Å². The average Bonchev–Trinajstić information content (AvgIpc) is 2.73. The lowest BCUT2D eigenvalue weighted by atomic mass is 10.3. The molecular formula is C10H7BrF3NOS2. The molecule has 2 aromatic rings. The van der Waals surface area contributed by atoms with E-state index in [4.69, 9.17) is 0 Å². The van der Waals surface area contributed by atoms with E-state index >= 15 is 0 Å². The van der Waals surface area contributed by atoms with Gasteiger partial charge >= 0.3 is 6.36 Å². The highest BCUT2D eigenvalue weighted by Crippen LogP contribution is 2.34. The second-order valence-corrected chi connectivity index (χ2v) is 5.92. The number of fused-ring (bicyclic) bond motifs is 3. The summed E-state index contributed by atoms with van der Waals surface area (Å²) in [6.45, 7) is 0.916. The third-order valence-electron chi connectivity index (χ3n) is 2.41. The number of halogens is 4. The van der Waals surface area contributed by atoms with Crippen molar-refractivity contribution < 1.29 is 39.5 Å². The number of thioether (sulfide) groups is 1. The van der Waals surface area contributed by atoms with E-state index in [1.807, 2.05) is 0 Å². The van der Waals surface area contributed by atoms with Gasteiger partial charge in [-0.05, 0) is 17.8 Å². The van der Waals surface area contributed by atoms with Gasteiger partial charge in [0.25, 0.3) is 4.34 Å². The van der Waals surface area contributed by atoms with Crippen molar-refractivity contribution in [2.75, 3.05) is 5.75 Å². The Balaban J connectivity index is 0.00000120. The molecule has 0 fully saturated rings. The lowest BCUT2D eigenvalue weighted by Crippen LogP contribution is -3.00. The van der Waals surface area contributed by atoms with Crippen LogP contribution >= 0.6 is 23.1 Å². The predicted molar refractivity (Wildman–Crippen MR) is 59.4 cm³/mol. The van der Waals surface area contributed by atoms with Gasteiger partial charge in [0.15, 0.2) is 6.54 Å². The van der Waals surface area contributed by atoms with Crippen molar-refractivity contribution >= 4 is 33.3 Å². The minimum absolute atomic E-state index is 0. The maximum absolute atomic E-state index is 12.1. The highest BCUT2D eigenvalue weighted by atomic mass is 79.9. The first-order valence-corrected chi connectivity index (χ1v) is 6.68. The molecule has 0 atom stereocenters. The van der Waals surface area contributed by atoms with Crippen molar-refractivity contribution in [3.8, 4) is 5.75 Å². The summed E-state index contributed by atoms with van der Waals surface area (Å²) < 4.78 is 44.2. The van der Waals surface area contributed by atoms with Gasteiger partial charge in [-0.3, -0.25) is 0 Å². The number of hydrogen-bond donors (Lipinski definition) is 0. The maximum atomic E-state index is 12.1. The van der Waals surface area contributed by atoms with Gasteiger partial charge in [0.1, 0.15) is 10.4 Å². The largest absolute Gasteiger partial charge is 1.00 e. The van der Waals surface area contributed by atoms with E-state index in [0.717, 1.165) is 26.9 Å². The Morgan fingerprint density at radius 3 is 2.78 bits per heavy atom. The molecule has 1 aliphatic heterocycles. The molecule has 18 heavy (non-hydrogen) atoms. The van der Waals surface area contributed by atoms with Crippen LogP contribution in [-0.2, 0) is 6.54 Å². The molecule has 0 radical (unpaired) electrons. The van der Waals surface area contributed by atoms with E-state index in [9.17, 15) is 13.2 Å². The molecule has 0 bridgehead atoms. The first-order chi connectivity index (χ1) is 8.03. The van der Waals surface area contributed by atoms with Crippen molar-refractivity contribution in [3.63, 3.8) is 0 Å². The lowest BCUT2D eigenvalue weighted by molar-refractivity contribution is -0.692. The molecular weight excluding hydrogens is 351 g/mol. The molecule has 0 saturated carbocycles. The van der Waals surface area contributed by atoms with Crippen molar-refractivity contribution in [3.05, 3.63) is 18.2 Å². The fourth-order valence-corrected chi connectivity index (χ4v) is 4.28. The molecule has 3 rings (SSSR count). The van der Waals surface area contributed by atoms with Crippen LogP contribution in [0.2, 0.25) is 0 Å². The summed E-state index contributed by atoms with van der Waals surface area (Å²) in [6, 6.07) is 4.49. The number of aryl methyl sites for hydroxylation is 1. The van der Waals surface area contributed by atoms with E-state index in [1.165, 1.54) is 23.5 Å². The normalized spacial score (nSPS) is 14.4. The highest BCUT2D eigenvalue weighted by molar-refractivity contribution is 8.01. The Bertz CT molecular complexity index is 584. The van der Waals surface area contributed by atoms with Gasteiger partial charge in [-0.15, -0.1) is 13.2 Å². The SMILES string of the molecule is FC(F)(F)Oc1ccc2c(c1)sc1[n+]2CCS1.[Br-]. The number of rotatable bonds is 1. The Hall–Kier alpha value is -0.470. The molecule has 0 amide bonds. The quantitative estimate of drug-likeness (QED) is 0.676. The molecule has 2 heterocycles. The van der Waals surface area contributed by atoms with Crippen LogP contribution in [0.1, 0.15) is 0 Å². The van der Waals surface area contributed by atoms with Crippen LogP contribution < -0.4 is 26.3 Å². The van der Waals surface area contributed by atoms with E-state index < -0.39 is 6.36 Å². The molecule has 8 heteroatoms. The van der Waals surface area contributed by atoms with Crippen molar-refractivity contribution in [2.24, 2.45) is 0 Å². The number of thiazole rings is 1. The summed E-state index contributed by atoms with van der Waals surface area (Å²) in [6.07, 6.45) is -4.63. The first kappa shape index (κ1) is 14.0. The Morgan fingerprint density at radius 1 is 1.28 bits per heavy atom. The minimum atomic E-state index is -4.63. The van der Waals surface area contributed by atoms with E-state index in [1.54, 1.807) is 17.8 Å². The summed E-state index contributed by atoms with van der Waals surface area (Å²) >= 11 is 3.24. The molecule has 0 saturated heterocycles. The fraction of sp³-hybridized carbons (Fsp3) is 0.300. The lowest BCUT2D eigenvalue weighted by Gasteiger charge is -2.07. The molecule has 0 N–H and O–H groups in total. The smallest absolute Gasteiger partial charge is 0.573 e. The number of aromatic nitrogens is 1. The van der Waals surface area contributed by atoms with Crippen LogP contribution in [0.5, 0.6) is 5.75 Å². The molecule has 1 aromatic heterocycles. The third-order valence-corrected chi connectivity index (χ3v) is 4.81. The number of alkyl halides is 3. The Kier molecular flexibility index (Phi) is 3.80. The summed E-state index contributed by atoms with van der Waals surface area (Å²) in [5.74, 6) is 0.873. The van der Waals surface area contributed by atoms with Crippen LogP contribution in [0.25, 0.3) is 10.2 Å². The monoisotopic (exact) mass is 357 g/mol. The number of hydrogen-bond acceptors (Lipinski definition) is 3. The molecule has 2 nitrogen and oxygen atoms in total. The summed E-state index contributed by atoms with van der Waals surface area (Å²) in [5, 5.41) is 0. The van der Waals surface area contributed by atoms with Crippen molar-refractivity contribution in [2.45, 2.75) is 17.2 Å². The van der Waals surface area contributed by atoms with Crippen molar-refractivity contribution in [1.29, 1.82) is 0 Å². The Labute approximate surface area is 120 Å². The van der Waals surface area contributed by atoms with E-state index in [0.29, 0.717) is 0 Å². The standard InChI is InChI=1S/C10H7F3NOS2.BrH/c11-10(12,13)15-6-1-2-7-8(5-6)17-9-14(7)3-4-16-9;/h1-2,5H,3-4H2;1H/q+1;/p-1. The second kappa shape index (κ2) is 4.90. The van der Waals surface area contributed by atoms with Gasteiger partial charge in [-0.1, -0.05) is 11.3 Å². The zero-order valence-corrected chi connectivity index (χ0v) is 12.0. The number of benzene rings is 1.